The molecule has 0 aliphatic rings. The summed E-state index contributed by atoms with van der Waals surface area (Å²) in [6, 6.07) is -0.264. The SMILES string of the molecule is Cl.Cl.NCC(N)C(N)N. The standard InChI is InChI=1S/C3H12N4.2ClH/c4-1-2(5)3(6)7;;/h2-3H,1,4-7H2;2*1H. The zero-order valence-electron chi connectivity index (χ0n) is 4.99. The van der Waals surface area contributed by atoms with E-state index in [-0.39, 0.29) is 30.9 Å². The van der Waals surface area contributed by atoms with E-state index >= 15 is 0 Å². The molecular weight excluding hydrogens is 163 g/mol. The quantitative estimate of drug-likeness (QED) is 0.379. The molecule has 6 heteroatoms. The average molecular weight is 177 g/mol. The molecule has 60 valence electrons. The molecular formula is C3H14Cl2N4. The lowest BCUT2D eigenvalue weighted by atomic mass is 10.3. The molecule has 0 fully saturated rings. The highest BCUT2D eigenvalue weighted by Crippen LogP contribution is 1.69. The summed E-state index contributed by atoms with van der Waals surface area (Å²) >= 11 is 0. The number of halogens is 2. The van der Waals surface area contributed by atoms with Crippen LogP contribution in [0.15, 0.2) is 0 Å². The van der Waals surface area contributed by atoms with Gasteiger partial charge in [-0.3, -0.25) is 0 Å². The van der Waals surface area contributed by atoms with Crippen molar-refractivity contribution in [3.05, 3.63) is 0 Å². The third-order valence-electron chi connectivity index (χ3n) is 0.767. The minimum absolute atomic E-state index is 0. The van der Waals surface area contributed by atoms with E-state index in [9.17, 15) is 0 Å². The Balaban J connectivity index is -0.000000180. The van der Waals surface area contributed by atoms with Crippen LogP contribution in [0.5, 0.6) is 0 Å². The Morgan fingerprint density at radius 1 is 1.00 bits per heavy atom. The first-order valence-electron chi connectivity index (χ1n) is 2.15. The molecule has 1 atom stereocenters. The maximum Gasteiger partial charge on any atom is 0.0689 e. The molecule has 0 aromatic carbocycles. The number of hydrogen-bond acceptors (Lipinski definition) is 4. The Hall–Kier alpha value is 0.420. The second-order valence-corrected chi connectivity index (χ2v) is 1.48. The molecule has 0 heterocycles. The largest absolute Gasteiger partial charge is 0.329 e. The Morgan fingerprint density at radius 2 is 1.33 bits per heavy atom. The van der Waals surface area contributed by atoms with E-state index in [1.165, 1.54) is 0 Å². The van der Waals surface area contributed by atoms with E-state index in [0.29, 0.717) is 6.54 Å². The van der Waals surface area contributed by atoms with Crippen LogP contribution in [-0.4, -0.2) is 18.8 Å². The smallest absolute Gasteiger partial charge is 0.0689 e. The number of rotatable bonds is 2. The Labute approximate surface area is 67.1 Å². The molecule has 0 aliphatic carbocycles. The van der Waals surface area contributed by atoms with Crippen LogP contribution in [0.4, 0.5) is 0 Å². The van der Waals surface area contributed by atoms with Gasteiger partial charge in [0.1, 0.15) is 0 Å². The van der Waals surface area contributed by atoms with Crippen molar-refractivity contribution in [2.45, 2.75) is 12.2 Å². The zero-order valence-corrected chi connectivity index (χ0v) is 6.62. The predicted molar refractivity (Wildman–Crippen MR) is 43.7 cm³/mol. The summed E-state index contributed by atoms with van der Waals surface area (Å²) < 4.78 is 0. The highest BCUT2D eigenvalue weighted by atomic mass is 35.5. The van der Waals surface area contributed by atoms with Gasteiger partial charge in [-0.05, 0) is 0 Å². The lowest BCUT2D eigenvalue weighted by Gasteiger charge is -2.10. The van der Waals surface area contributed by atoms with Crippen LogP contribution in [0.1, 0.15) is 0 Å². The summed E-state index contributed by atoms with van der Waals surface area (Å²) in [5, 5.41) is 0. The van der Waals surface area contributed by atoms with Gasteiger partial charge in [0.05, 0.1) is 6.17 Å². The first kappa shape index (κ1) is 16.2. The third-order valence-corrected chi connectivity index (χ3v) is 0.767. The van der Waals surface area contributed by atoms with Crippen molar-refractivity contribution in [1.29, 1.82) is 0 Å². The van der Waals surface area contributed by atoms with Crippen LogP contribution in [0.3, 0.4) is 0 Å². The molecule has 1 unspecified atom stereocenters. The second kappa shape index (κ2) is 8.42. The van der Waals surface area contributed by atoms with E-state index in [0.717, 1.165) is 0 Å². The van der Waals surface area contributed by atoms with Gasteiger partial charge in [-0.25, -0.2) is 0 Å². The van der Waals surface area contributed by atoms with E-state index in [1.807, 2.05) is 0 Å². The van der Waals surface area contributed by atoms with Crippen LogP contribution in [0.2, 0.25) is 0 Å². The maximum atomic E-state index is 5.24. The average Bonchev–Trinajstić information content (AvgIpc) is 1.65. The van der Waals surface area contributed by atoms with Crippen molar-refractivity contribution >= 4 is 24.8 Å². The fourth-order valence-corrected chi connectivity index (χ4v) is 0.157. The van der Waals surface area contributed by atoms with Gasteiger partial charge in [0.25, 0.3) is 0 Å². The van der Waals surface area contributed by atoms with Crippen LogP contribution in [0, 0.1) is 0 Å². The first-order valence-corrected chi connectivity index (χ1v) is 2.15. The minimum Gasteiger partial charge on any atom is -0.329 e. The predicted octanol–water partition coefficient (Wildman–Crippen LogP) is -1.64. The fraction of sp³-hybridized carbons (Fsp3) is 1.00. The van der Waals surface area contributed by atoms with Crippen molar-refractivity contribution < 1.29 is 0 Å². The first-order chi connectivity index (χ1) is 3.18. The molecule has 0 aromatic rings. The topological polar surface area (TPSA) is 104 Å². The molecule has 9 heavy (non-hydrogen) atoms. The number of hydrogen-bond donors (Lipinski definition) is 4. The van der Waals surface area contributed by atoms with Gasteiger partial charge >= 0.3 is 0 Å². The molecule has 8 N–H and O–H groups in total. The van der Waals surface area contributed by atoms with E-state index in [4.69, 9.17) is 22.9 Å². The van der Waals surface area contributed by atoms with Gasteiger partial charge in [0.2, 0.25) is 0 Å². The summed E-state index contributed by atoms with van der Waals surface area (Å²) in [6.45, 7) is 0.345. The summed E-state index contributed by atoms with van der Waals surface area (Å²) in [5.41, 5.74) is 20.6. The molecule has 4 nitrogen and oxygen atoms in total. The van der Waals surface area contributed by atoms with Gasteiger partial charge in [-0.2, -0.15) is 0 Å². The van der Waals surface area contributed by atoms with E-state index in [1.54, 1.807) is 0 Å². The molecule has 0 aromatic heterocycles. The van der Waals surface area contributed by atoms with Gasteiger partial charge in [0, 0.05) is 12.6 Å². The van der Waals surface area contributed by atoms with Crippen molar-refractivity contribution in [2.24, 2.45) is 22.9 Å². The van der Waals surface area contributed by atoms with Crippen LogP contribution in [-0.2, 0) is 0 Å². The zero-order chi connectivity index (χ0) is 5.86. The monoisotopic (exact) mass is 176 g/mol. The van der Waals surface area contributed by atoms with Crippen molar-refractivity contribution in [1.82, 2.24) is 0 Å². The Bertz CT molecular complexity index is 51.1. The van der Waals surface area contributed by atoms with E-state index in [2.05, 4.69) is 0 Å². The van der Waals surface area contributed by atoms with Crippen molar-refractivity contribution in [3.8, 4) is 0 Å². The van der Waals surface area contributed by atoms with Crippen molar-refractivity contribution in [2.75, 3.05) is 6.54 Å². The third kappa shape index (κ3) is 8.42. The molecule has 0 rings (SSSR count). The molecule has 0 amide bonds. The van der Waals surface area contributed by atoms with E-state index < -0.39 is 6.17 Å². The fourth-order valence-electron chi connectivity index (χ4n) is 0.157. The summed E-state index contributed by atoms with van der Waals surface area (Å²) in [6.07, 6.45) is -0.481. The van der Waals surface area contributed by atoms with Crippen LogP contribution < -0.4 is 22.9 Å². The highest BCUT2D eigenvalue weighted by molar-refractivity contribution is 5.85. The van der Waals surface area contributed by atoms with Crippen molar-refractivity contribution in [3.63, 3.8) is 0 Å². The molecule has 0 aliphatic heterocycles. The van der Waals surface area contributed by atoms with Crippen LogP contribution >= 0.6 is 24.8 Å². The molecule has 0 saturated carbocycles. The molecule has 0 saturated heterocycles. The maximum absolute atomic E-state index is 5.24. The van der Waals surface area contributed by atoms with Gasteiger partial charge in [0.15, 0.2) is 0 Å². The molecule has 0 spiro atoms. The summed E-state index contributed by atoms with van der Waals surface area (Å²) in [7, 11) is 0. The Morgan fingerprint density at radius 3 is 1.33 bits per heavy atom. The minimum atomic E-state index is -0.481. The summed E-state index contributed by atoms with van der Waals surface area (Å²) in [5.74, 6) is 0. The lowest BCUT2D eigenvalue weighted by molar-refractivity contribution is 0.549. The van der Waals surface area contributed by atoms with Gasteiger partial charge < -0.3 is 22.9 Å². The van der Waals surface area contributed by atoms with Gasteiger partial charge in [-0.15, -0.1) is 24.8 Å². The number of nitrogens with two attached hydrogens (primary N) is 4. The molecule has 0 bridgehead atoms. The normalized spacial score (nSPS) is 11.7. The van der Waals surface area contributed by atoms with Crippen LogP contribution in [0.25, 0.3) is 0 Å². The Kier molecular flexibility index (Phi) is 15.2. The lowest BCUT2D eigenvalue weighted by Crippen LogP contribution is -2.51. The molecule has 0 radical (unpaired) electrons. The van der Waals surface area contributed by atoms with Gasteiger partial charge in [-0.1, -0.05) is 0 Å². The summed E-state index contributed by atoms with van der Waals surface area (Å²) in [4.78, 5) is 0. The second-order valence-electron chi connectivity index (χ2n) is 1.48. The highest BCUT2D eigenvalue weighted by Gasteiger charge is 2.02.